The average molecular weight is 469 g/mol. The van der Waals surface area contributed by atoms with E-state index in [1.807, 2.05) is 50.8 Å². The molecule has 4 rings (SSSR count). The fraction of sp³-hybridized carbons (Fsp3) is 0.391. The topological polar surface area (TPSA) is 106 Å². The number of allylic oxidation sites excluding steroid dienone is 1. The Morgan fingerprint density at radius 3 is 2.48 bits per heavy atom. The van der Waals surface area contributed by atoms with Gasteiger partial charge in [0.15, 0.2) is 0 Å². The summed E-state index contributed by atoms with van der Waals surface area (Å²) in [6.45, 7) is 13.5. The molecule has 0 aliphatic carbocycles. The second kappa shape index (κ2) is 8.51. The van der Waals surface area contributed by atoms with Crippen molar-refractivity contribution in [2.45, 2.75) is 33.3 Å². The van der Waals surface area contributed by atoms with Gasteiger partial charge in [-0.2, -0.15) is 9.61 Å². The number of anilines is 2. The summed E-state index contributed by atoms with van der Waals surface area (Å²) in [4.78, 5) is 33.9. The highest BCUT2D eigenvalue weighted by Crippen LogP contribution is 2.29. The Morgan fingerprint density at radius 2 is 1.85 bits per heavy atom. The van der Waals surface area contributed by atoms with Gasteiger partial charge in [0.25, 0.3) is 5.56 Å². The SMILES string of the molecule is C=C(C)c1cc(N)cc(-c2nn3c(=O)cc(N4CCN(C(=O)OC(C)(C)C)CC4)nc3s2)c1. The number of benzene rings is 1. The van der Waals surface area contributed by atoms with Crippen LogP contribution in [0, 0.1) is 0 Å². The van der Waals surface area contributed by atoms with Gasteiger partial charge in [-0.15, -0.1) is 0 Å². The molecule has 9 nitrogen and oxygen atoms in total. The fourth-order valence-corrected chi connectivity index (χ4v) is 4.43. The molecule has 0 bridgehead atoms. The normalized spacial score (nSPS) is 14.5. The van der Waals surface area contributed by atoms with Crippen LogP contribution in [0.2, 0.25) is 0 Å². The largest absolute Gasteiger partial charge is 0.444 e. The van der Waals surface area contributed by atoms with Gasteiger partial charge >= 0.3 is 6.09 Å². The monoisotopic (exact) mass is 468 g/mol. The van der Waals surface area contributed by atoms with Crippen molar-refractivity contribution in [2.75, 3.05) is 36.8 Å². The van der Waals surface area contributed by atoms with Crippen molar-refractivity contribution >= 4 is 39.5 Å². The number of aromatic nitrogens is 3. The molecule has 10 heteroatoms. The lowest BCUT2D eigenvalue weighted by atomic mass is 10.0. The number of nitrogen functional groups attached to an aromatic ring is 1. The zero-order chi connectivity index (χ0) is 23.9. The first-order valence-corrected chi connectivity index (χ1v) is 11.5. The third-order valence-corrected chi connectivity index (χ3v) is 6.14. The minimum Gasteiger partial charge on any atom is -0.444 e. The number of fused-ring (bicyclic) bond motifs is 1. The van der Waals surface area contributed by atoms with Gasteiger partial charge in [0.1, 0.15) is 16.4 Å². The number of nitrogens with two attached hydrogens (primary N) is 1. The zero-order valence-electron chi connectivity index (χ0n) is 19.3. The number of amides is 1. The second-order valence-corrected chi connectivity index (χ2v) is 10.1. The first-order chi connectivity index (χ1) is 15.5. The molecule has 1 aliphatic heterocycles. The van der Waals surface area contributed by atoms with Crippen LogP contribution >= 0.6 is 11.3 Å². The average Bonchev–Trinajstić information content (AvgIpc) is 3.17. The Bertz CT molecular complexity index is 1280. The Kier molecular flexibility index (Phi) is 5.87. The zero-order valence-corrected chi connectivity index (χ0v) is 20.1. The molecule has 3 aromatic rings. The van der Waals surface area contributed by atoms with Gasteiger partial charge in [-0.25, -0.2) is 9.78 Å². The number of rotatable bonds is 3. The minimum absolute atomic E-state index is 0.254. The van der Waals surface area contributed by atoms with Crippen LogP contribution < -0.4 is 16.2 Å². The number of carbonyl (C=O) groups excluding carboxylic acids is 1. The highest BCUT2D eigenvalue weighted by molar-refractivity contribution is 7.19. The number of hydrogen-bond donors (Lipinski definition) is 1. The van der Waals surface area contributed by atoms with Gasteiger partial charge in [-0.3, -0.25) is 4.79 Å². The van der Waals surface area contributed by atoms with Crippen LogP contribution in [-0.2, 0) is 4.74 Å². The van der Waals surface area contributed by atoms with Gasteiger partial charge < -0.3 is 20.3 Å². The van der Waals surface area contributed by atoms with Crippen LogP contribution in [0.15, 0.2) is 35.6 Å². The van der Waals surface area contributed by atoms with Gasteiger partial charge in [0.05, 0.1) is 0 Å². The predicted molar refractivity (Wildman–Crippen MR) is 132 cm³/mol. The molecular formula is C23H28N6O3S. The summed E-state index contributed by atoms with van der Waals surface area (Å²) in [5.41, 5.74) is 8.51. The molecule has 3 heterocycles. The van der Waals surface area contributed by atoms with E-state index in [-0.39, 0.29) is 11.7 Å². The van der Waals surface area contributed by atoms with Crippen molar-refractivity contribution < 1.29 is 9.53 Å². The lowest BCUT2D eigenvalue weighted by Gasteiger charge is -2.36. The van der Waals surface area contributed by atoms with Crippen LogP contribution in [0.5, 0.6) is 0 Å². The van der Waals surface area contributed by atoms with Gasteiger partial charge in [-0.05, 0) is 51.5 Å². The van der Waals surface area contributed by atoms with E-state index in [9.17, 15) is 9.59 Å². The summed E-state index contributed by atoms with van der Waals surface area (Å²) < 4.78 is 6.76. The van der Waals surface area contributed by atoms with Gasteiger partial charge in [-0.1, -0.05) is 23.5 Å². The smallest absolute Gasteiger partial charge is 0.410 e. The molecule has 0 spiro atoms. The van der Waals surface area contributed by atoms with E-state index in [2.05, 4.69) is 16.7 Å². The molecule has 2 aromatic heterocycles. The van der Waals surface area contributed by atoms with Crippen LogP contribution in [0.3, 0.4) is 0 Å². The Labute approximate surface area is 196 Å². The van der Waals surface area contributed by atoms with E-state index in [4.69, 9.17) is 10.5 Å². The van der Waals surface area contributed by atoms with Crippen molar-refractivity contribution in [1.29, 1.82) is 0 Å². The molecule has 0 radical (unpaired) electrons. The maximum absolute atomic E-state index is 12.8. The van der Waals surface area contributed by atoms with Crippen molar-refractivity contribution in [2.24, 2.45) is 0 Å². The highest BCUT2D eigenvalue weighted by atomic mass is 32.1. The minimum atomic E-state index is -0.534. The van der Waals surface area contributed by atoms with Crippen LogP contribution in [0.4, 0.5) is 16.3 Å². The molecule has 1 amide bonds. The third-order valence-electron chi connectivity index (χ3n) is 5.18. The third kappa shape index (κ3) is 5.00. The Balaban J connectivity index is 1.57. The standard InChI is InChI=1S/C23H28N6O3S/c1-14(2)15-10-16(12-17(24)11-15)20-26-29-19(30)13-18(25-21(29)33-20)27-6-8-28(9-7-27)22(31)32-23(3,4)5/h10-13H,1,6-9,24H2,2-5H3. The summed E-state index contributed by atoms with van der Waals surface area (Å²) in [6, 6.07) is 7.13. The van der Waals surface area contributed by atoms with E-state index in [0.717, 1.165) is 16.7 Å². The molecule has 0 unspecified atom stereocenters. The molecule has 2 N–H and O–H groups in total. The second-order valence-electron chi connectivity index (χ2n) is 9.13. The van der Waals surface area contributed by atoms with Gasteiger partial charge in [0.2, 0.25) is 4.96 Å². The molecular weight excluding hydrogens is 440 g/mol. The number of ether oxygens (including phenoxy) is 1. The molecule has 33 heavy (non-hydrogen) atoms. The first kappa shape index (κ1) is 22.8. The molecule has 1 aromatic carbocycles. The molecule has 1 aliphatic rings. The summed E-state index contributed by atoms with van der Waals surface area (Å²) in [5.74, 6) is 0.578. The Morgan fingerprint density at radius 1 is 1.15 bits per heavy atom. The number of hydrogen-bond acceptors (Lipinski definition) is 8. The number of piperazine rings is 1. The van der Waals surface area contributed by atoms with Crippen molar-refractivity contribution in [3.8, 4) is 10.6 Å². The molecule has 1 saturated heterocycles. The predicted octanol–water partition coefficient (Wildman–Crippen LogP) is 3.49. The van der Waals surface area contributed by atoms with Crippen molar-refractivity contribution in [3.63, 3.8) is 0 Å². The van der Waals surface area contributed by atoms with Crippen LogP contribution in [-0.4, -0.2) is 57.4 Å². The van der Waals surface area contributed by atoms with E-state index in [0.29, 0.717) is 47.7 Å². The summed E-state index contributed by atoms with van der Waals surface area (Å²) >= 11 is 1.33. The molecule has 0 saturated carbocycles. The molecule has 174 valence electrons. The molecule has 1 fully saturated rings. The fourth-order valence-electron chi connectivity index (χ4n) is 3.54. The number of nitrogens with zero attached hydrogens (tertiary/aromatic N) is 5. The van der Waals surface area contributed by atoms with E-state index in [1.165, 1.54) is 21.9 Å². The summed E-state index contributed by atoms with van der Waals surface area (Å²) in [6.07, 6.45) is -0.325. The quantitative estimate of drug-likeness (QED) is 0.587. The summed E-state index contributed by atoms with van der Waals surface area (Å²) in [7, 11) is 0. The Hall–Kier alpha value is -3.40. The van der Waals surface area contributed by atoms with Crippen molar-refractivity contribution in [3.05, 3.63) is 46.8 Å². The summed E-state index contributed by atoms with van der Waals surface area (Å²) in [5, 5.41) is 5.12. The maximum atomic E-state index is 12.8. The van der Waals surface area contributed by atoms with Crippen molar-refractivity contribution in [1.82, 2.24) is 19.5 Å². The number of carbonyl (C=O) groups is 1. The van der Waals surface area contributed by atoms with Crippen LogP contribution in [0.25, 0.3) is 21.1 Å². The van der Waals surface area contributed by atoms with Crippen LogP contribution in [0.1, 0.15) is 33.3 Å². The van der Waals surface area contributed by atoms with E-state index >= 15 is 0 Å². The highest BCUT2D eigenvalue weighted by Gasteiger charge is 2.27. The molecule has 0 atom stereocenters. The van der Waals surface area contributed by atoms with Gasteiger partial charge in [0, 0.05) is 43.5 Å². The van der Waals surface area contributed by atoms with E-state index in [1.54, 1.807) is 4.90 Å². The lowest BCUT2D eigenvalue weighted by molar-refractivity contribution is 0.0240. The van der Waals surface area contributed by atoms with E-state index < -0.39 is 5.60 Å². The lowest BCUT2D eigenvalue weighted by Crippen LogP contribution is -2.50. The first-order valence-electron chi connectivity index (χ1n) is 10.7. The maximum Gasteiger partial charge on any atom is 0.410 e.